The summed E-state index contributed by atoms with van der Waals surface area (Å²) in [6.07, 6.45) is 0.889. The van der Waals surface area contributed by atoms with E-state index >= 15 is 0 Å². The van der Waals surface area contributed by atoms with Crippen LogP contribution in [0.3, 0.4) is 0 Å². The lowest BCUT2D eigenvalue weighted by atomic mass is 9.94. The molecule has 0 spiro atoms. The third-order valence-electron chi connectivity index (χ3n) is 7.48. The van der Waals surface area contributed by atoms with Crippen LogP contribution in [0.1, 0.15) is 105 Å². The molecule has 46 heavy (non-hydrogen) atoms. The summed E-state index contributed by atoms with van der Waals surface area (Å²) >= 11 is 0. The maximum absolute atomic E-state index is 14.5. The monoisotopic (exact) mass is 637 g/mol. The van der Waals surface area contributed by atoms with Crippen LogP contribution in [0.15, 0.2) is 54.6 Å². The first kappa shape index (κ1) is 38.3. The lowest BCUT2D eigenvalue weighted by Crippen LogP contribution is -2.58. The Morgan fingerprint density at radius 1 is 0.761 bits per heavy atom. The number of carbonyl (C=O) groups is 4. The van der Waals surface area contributed by atoms with Crippen LogP contribution in [0.4, 0.5) is 4.79 Å². The van der Waals surface area contributed by atoms with Gasteiger partial charge >= 0.3 is 12.1 Å². The number of benzene rings is 2. The van der Waals surface area contributed by atoms with Crippen molar-refractivity contribution in [2.45, 2.75) is 131 Å². The first-order chi connectivity index (χ1) is 21.4. The first-order valence-electron chi connectivity index (χ1n) is 16.3. The maximum atomic E-state index is 14.5. The summed E-state index contributed by atoms with van der Waals surface area (Å²) in [7, 11) is 0. The van der Waals surface area contributed by atoms with Crippen LogP contribution >= 0.6 is 0 Å². The summed E-state index contributed by atoms with van der Waals surface area (Å²) in [6, 6.07) is 13.4. The molecule has 0 radical (unpaired) electrons. The van der Waals surface area contributed by atoms with Crippen molar-refractivity contribution in [3.63, 3.8) is 0 Å². The largest absolute Gasteiger partial charge is 0.458 e. The van der Waals surface area contributed by atoms with Crippen molar-refractivity contribution in [1.29, 1.82) is 0 Å². The minimum Gasteiger partial charge on any atom is -0.458 e. The van der Waals surface area contributed by atoms with Gasteiger partial charge in [-0.1, -0.05) is 81.8 Å². The molecule has 0 aliphatic heterocycles. The molecular formula is C37H55N3O6. The highest BCUT2D eigenvalue weighted by molar-refractivity contribution is 5.94. The number of hydrogen-bond donors (Lipinski definition) is 2. The van der Waals surface area contributed by atoms with Crippen LogP contribution in [0.2, 0.25) is 0 Å². The molecule has 9 nitrogen and oxygen atoms in total. The van der Waals surface area contributed by atoms with E-state index in [1.165, 1.54) is 4.90 Å². The van der Waals surface area contributed by atoms with Gasteiger partial charge in [0, 0.05) is 12.5 Å². The van der Waals surface area contributed by atoms with Gasteiger partial charge in [0.15, 0.2) is 0 Å². The number of amides is 3. The van der Waals surface area contributed by atoms with Crippen molar-refractivity contribution >= 4 is 23.9 Å². The highest BCUT2D eigenvalue weighted by Crippen LogP contribution is 2.28. The summed E-state index contributed by atoms with van der Waals surface area (Å²) in [5.74, 6) is -1.79. The molecule has 2 N–H and O–H groups in total. The number of esters is 1. The number of aryl methyl sites for hydroxylation is 1. The van der Waals surface area contributed by atoms with Crippen molar-refractivity contribution in [2.24, 2.45) is 5.92 Å². The number of nitrogens with zero attached hydrogens (tertiary/aromatic N) is 1. The third kappa shape index (κ3) is 11.8. The smallest absolute Gasteiger partial charge is 0.408 e. The molecule has 2 aromatic carbocycles. The molecule has 254 valence electrons. The topological polar surface area (TPSA) is 114 Å². The molecule has 0 aromatic heterocycles. The predicted octanol–water partition coefficient (Wildman–Crippen LogP) is 6.54. The average molecular weight is 638 g/mol. The molecule has 4 unspecified atom stereocenters. The van der Waals surface area contributed by atoms with Crippen LogP contribution in [0.5, 0.6) is 0 Å². The molecule has 0 saturated heterocycles. The van der Waals surface area contributed by atoms with Crippen LogP contribution < -0.4 is 10.6 Å². The molecule has 0 aliphatic rings. The Hall–Kier alpha value is -3.88. The number of rotatable bonds is 13. The predicted molar refractivity (Wildman–Crippen MR) is 181 cm³/mol. The Morgan fingerprint density at radius 2 is 1.33 bits per heavy atom. The normalized spacial score (nSPS) is 14.4. The van der Waals surface area contributed by atoms with Gasteiger partial charge in [-0.15, -0.1) is 0 Å². The number of hydrogen-bond acceptors (Lipinski definition) is 6. The molecule has 2 aromatic rings. The van der Waals surface area contributed by atoms with Crippen molar-refractivity contribution in [3.05, 3.63) is 71.3 Å². The van der Waals surface area contributed by atoms with Crippen molar-refractivity contribution in [3.8, 4) is 0 Å². The molecule has 0 heterocycles. The SMILES string of the molecule is CCc1ccc(C(C(=O)NC(Cc2ccccc2)C(=O)OC(C)(C)C)N(C(=O)C(NC(=O)OC(C)(C)C)C(C)CC)C(C)C)cc1. The molecule has 0 aliphatic carbocycles. The van der Waals surface area contributed by atoms with Gasteiger partial charge in [0.1, 0.15) is 29.3 Å². The van der Waals surface area contributed by atoms with Crippen LogP contribution in [0, 0.1) is 5.92 Å². The fraction of sp³-hybridized carbons (Fsp3) is 0.568. The van der Waals surface area contributed by atoms with E-state index in [0.717, 1.165) is 17.5 Å². The van der Waals surface area contributed by atoms with E-state index in [1.54, 1.807) is 41.5 Å². The number of alkyl carbamates (subject to hydrolysis) is 1. The van der Waals surface area contributed by atoms with E-state index in [0.29, 0.717) is 12.0 Å². The van der Waals surface area contributed by atoms with Crippen LogP contribution in [-0.4, -0.2) is 58.1 Å². The summed E-state index contributed by atoms with van der Waals surface area (Å²) in [5.41, 5.74) is 0.967. The van der Waals surface area contributed by atoms with Crippen molar-refractivity contribution in [2.75, 3.05) is 0 Å². The molecule has 0 fully saturated rings. The summed E-state index contributed by atoms with van der Waals surface area (Å²) < 4.78 is 11.2. The van der Waals surface area contributed by atoms with E-state index in [1.807, 2.05) is 89.2 Å². The lowest BCUT2D eigenvalue weighted by molar-refractivity contribution is -0.159. The Bertz CT molecular complexity index is 1300. The molecule has 2 rings (SSSR count). The fourth-order valence-corrected chi connectivity index (χ4v) is 5.00. The lowest BCUT2D eigenvalue weighted by Gasteiger charge is -2.39. The van der Waals surface area contributed by atoms with E-state index < -0.39 is 59.2 Å². The zero-order chi connectivity index (χ0) is 34.8. The van der Waals surface area contributed by atoms with Crippen LogP contribution in [0.25, 0.3) is 0 Å². The Balaban J connectivity index is 2.62. The minimum absolute atomic E-state index is 0.203. The molecular weight excluding hydrogens is 582 g/mol. The minimum atomic E-state index is -1.11. The second-order valence-electron chi connectivity index (χ2n) is 14.1. The van der Waals surface area contributed by atoms with Gasteiger partial charge in [0.05, 0.1) is 0 Å². The Kier molecular flexibility index (Phi) is 13.8. The molecule has 9 heteroatoms. The summed E-state index contributed by atoms with van der Waals surface area (Å²) in [5, 5.41) is 5.72. The Labute approximate surface area is 275 Å². The second kappa shape index (κ2) is 16.6. The number of ether oxygens (including phenoxy) is 2. The van der Waals surface area contributed by atoms with E-state index in [9.17, 15) is 19.2 Å². The van der Waals surface area contributed by atoms with Crippen molar-refractivity contribution < 1.29 is 28.7 Å². The van der Waals surface area contributed by atoms with Gasteiger partial charge in [-0.25, -0.2) is 9.59 Å². The number of nitrogens with one attached hydrogen (secondary N) is 2. The Morgan fingerprint density at radius 3 is 1.80 bits per heavy atom. The van der Waals surface area contributed by atoms with Gasteiger partial charge in [-0.05, 0) is 84.4 Å². The first-order valence-corrected chi connectivity index (χ1v) is 16.3. The molecule has 0 bridgehead atoms. The van der Waals surface area contributed by atoms with Crippen molar-refractivity contribution in [1.82, 2.24) is 15.5 Å². The zero-order valence-corrected chi connectivity index (χ0v) is 29.6. The summed E-state index contributed by atoms with van der Waals surface area (Å²) in [6.45, 7) is 20.1. The van der Waals surface area contributed by atoms with E-state index in [4.69, 9.17) is 9.47 Å². The van der Waals surface area contributed by atoms with Gasteiger partial charge < -0.3 is 25.0 Å². The van der Waals surface area contributed by atoms with E-state index in [2.05, 4.69) is 10.6 Å². The van der Waals surface area contributed by atoms with E-state index in [-0.39, 0.29) is 12.3 Å². The number of carbonyl (C=O) groups excluding carboxylic acids is 4. The fourth-order valence-electron chi connectivity index (χ4n) is 5.00. The summed E-state index contributed by atoms with van der Waals surface area (Å²) in [4.78, 5) is 56.9. The molecule has 4 atom stereocenters. The van der Waals surface area contributed by atoms with Gasteiger partial charge in [0.25, 0.3) is 0 Å². The average Bonchev–Trinajstić information content (AvgIpc) is 2.96. The standard InChI is InChI=1S/C37H55N3O6/c1-12-25(5)30(39-35(44)46-37(9,10)11)33(42)40(24(3)4)31(28-21-19-26(13-2)20-22-28)32(41)38-29(34(43)45-36(6,7)8)23-27-17-15-14-16-18-27/h14-22,24-25,29-31H,12-13,23H2,1-11H3,(H,38,41)(H,39,44). The maximum Gasteiger partial charge on any atom is 0.408 e. The van der Waals surface area contributed by atoms with Gasteiger partial charge in [0.2, 0.25) is 11.8 Å². The molecule has 0 saturated carbocycles. The quantitative estimate of drug-likeness (QED) is 0.241. The third-order valence-corrected chi connectivity index (χ3v) is 7.48. The van der Waals surface area contributed by atoms with Crippen LogP contribution in [-0.2, 0) is 36.7 Å². The van der Waals surface area contributed by atoms with Gasteiger partial charge in [-0.3, -0.25) is 9.59 Å². The second-order valence-corrected chi connectivity index (χ2v) is 14.1. The molecule has 3 amide bonds. The highest BCUT2D eigenvalue weighted by Gasteiger charge is 2.40. The highest BCUT2D eigenvalue weighted by atomic mass is 16.6. The zero-order valence-electron chi connectivity index (χ0n) is 29.6. The van der Waals surface area contributed by atoms with Gasteiger partial charge in [-0.2, -0.15) is 0 Å².